The van der Waals surface area contributed by atoms with Gasteiger partial charge in [0, 0.05) is 0 Å². The predicted octanol–water partition coefficient (Wildman–Crippen LogP) is 4.10. The van der Waals surface area contributed by atoms with E-state index in [4.69, 9.17) is 0 Å². The molecule has 0 N–H and O–H groups in total. The monoisotopic (exact) mass is 144 g/mol. The van der Waals surface area contributed by atoms with Gasteiger partial charge in [-0.15, -0.1) is 0 Å². The van der Waals surface area contributed by atoms with Gasteiger partial charge in [0.1, 0.15) is 0 Å². The fraction of sp³-hybridized carbons (Fsp3) is 1.00. The first-order chi connectivity index (χ1) is 4.18. The smallest absolute Gasteiger partial charge is 0.0420 e. The van der Waals surface area contributed by atoms with E-state index in [9.17, 15) is 0 Å². The van der Waals surface area contributed by atoms with Crippen LogP contribution in [0.3, 0.4) is 0 Å². The second-order valence-corrected chi connectivity index (χ2v) is 3.36. The average molecular weight is 144 g/mol. The second-order valence-electron chi connectivity index (χ2n) is 3.36. The summed E-state index contributed by atoms with van der Waals surface area (Å²) >= 11 is 0. The molecule has 0 amide bonds. The van der Waals surface area contributed by atoms with Crippen molar-refractivity contribution in [3.05, 3.63) is 0 Å². The Kier molecular flexibility index (Phi) is 9.00. The molecular formula is C10H24. The van der Waals surface area contributed by atoms with Crippen LogP contribution in [0.25, 0.3) is 0 Å². The van der Waals surface area contributed by atoms with E-state index >= 15 is 0 Å². The van der Waals surface area contributed by atoms with Gasteiger partial charge in [-0.3, -0.25) is 0 Å². The molecule has 0 aromatic carbocycles. The molecule has 0 aromatic rings. The fourth-order valence-electron chi connectivity index (χ4n) is 0.859. The van der Waals surface area contributed by atoms with Gasteiger partial charge in [0.15, 0.2) is 0 Å². The van der Waals surface area contributed by atoms with E-state index in [1.165, 1.54) is 19.3 Å². The Morgan fingerprint density at radius 1 is 1.10 bits per heavy atom. The van der Waals surface area contributed by atoms with Gasteiger partial charge in [-0.25, -0.2) is 0 Å². The molecule has 0 fully saturated rings. The van der Waals surface area contributed by atoms with Gasteiger partial charge in [-0.1, -0.05) is 54.4 Å². The maximum absolute atomic E-state index is 2.35. The highest BCUT2D eigenvalue weighted by Crippen LogP contribution is 2.16. The summed E-state index contributed by atoms with van der Waals surface area (Å²) in [5.74, 6) is 1.79. The van der Waals surface area contributed by atoms with Crippen LogP contribution in [0.4, 0.5) is 0 Å². The first kappa shape index (κ1) is 12.7. The Hall–Kier alpha value is 0. The third kappa shape index (κ3) is 6.12. The molecular weight excluding hydrogens is 120 g/mol. The molecule has 10 heavy (non-hydrogen) atoms. The topological polar surface area (TPSA) is 0 Å². The maximum atomic E-state index is 2.35. The minimum absolute atomic E-state index is 0. The van der Waals surface area contributed by atoms with Crippen molar-refractivity contribution in [1.82, 2.24) is 0 Å². The number of hydrogen-bond donors (Lipinski definition) is 0. The molecule has 64 valence electrons. The summed E-state index contributed by atoms with van der Waals surface area (Å²) < 4.78 is 0. The lowest BCUT2D eigenvalue weighted by molar-refractivity contribution is 0.381. The number of rotatable bonds is 4. The summed E-state index contributed by atoms with van der Waals surface area (Å²) in [5, 5.41) is 0. The largest absolute Gasteiger partial charge is 0.0776 e. The minimum Gasteiger partial charge on any atom is -0.0776 e. The van der Waals surface area contributed by atoms with Crippen molar-refractivity contribution in [1.29, 1.82) is 0 Å². The zero-order valence-electron chi connectivity index (χ0n) is 7.28. The van der Waals surface area contributed by atoms with E-state index in [1.54, 1.807) is 0 Å². The highest BCUT2D eigenvalue weighted by atomic mass is 14.1. The van der Waals surface area contributed by atoms with Crippen LogP contribution in [0.2, 0.25) is 0 Å². The number of hydrogen-bond acceptors (Lipinski definition) is 0. The maximum Gasteiger partial charge on any atom is -0.0420 e. The summed E-state index contributed by atoms with van der Waals surface area (Å²) in [6, 6.07) is 0. The Bertz CT molecular complexity index is 55.1. The highest BCUT2D eigenvalue weighted by molar-refractivity contribution is 4.55. The molecule has 0 heteroatoms. The van der Waals surface area contributed by atoms with Crippen molar-refractivity contribution >= 4 is 0 Å². The molecule has 0 rings (SSSR count). The summed E-state index contributed by atoms with van der Waals surface area (Å²) in [7, 11) is 0. The Morgan fingerprint density at radius 3 is 1.90 bits per heavy atom. The number of unbranched alkanes of at least 4 members (excludes halogenated alkanes) is 1. The van der Waals surface area contributed by atoms with Crippen LogP contribution in [-0.2, 0) is 0 Å². The Labute approximate surface area is 67.0 Å². The summed E-state index contributed by atoms with van der Waals surface area (Å²) in [6.07, 6.45) is 4.16. The summed E-state index contributed by atoms with van der Waals surface area (Å²) in [5.41, 5.74) is 0. The Morgan fingerprint density at radius 2 is 1.60 bits per heavy atom. The van der Waals surface area contributed by atoms with Crippen LogP contribution in [0.15, 0.2) is 0 Å². The molecule has 0 heterocycles. The SMILES string of the molecule is C.CCCC[C@H](C)C(C)C. The molecule has 0 unspecified atom stereocenters. The van der Waals surface area contributed by atoms with Crippen molar-refractivity contribution < 1.29 is 0 Å². The lowest BCUT2D eigenvalue weighted by Gasteiger charge is -2.13. The van der Waals surface area contributed by atoms with Gasteiger partial charge in [-0.05, 0) is 11.8 Å². The zero-order chi connectivity index (χ0) is 7.28. The fourth-order valence-corrected chi connectivity index (χ4v) is 0.859. The summed E-state index contributed by atoms with van der Waals surface area (Å²) in [4.78, 5) is 0. The van der Waals surface area contributed by atoms with Gasteiger partial charge in [0.25, 0.3) is 0 Å². The first-order valence-electron chi connectivity index (χ1n) is 4.18. The molecule has 0 saturated heterocycles. The van der Waals surface area contributed by atoms with Crippen molar-refractivity contribution in [2.45, 2.75) is 54.4 Å². The molecule has 0 radical (unpaired) electrons. The zero-order valence-corrected chi connectivity index (χ0v) is 7.28. The Balaban J connectivity index is 0. The van der Waals surface area contributed by atoms with E-state index in [1.807, 2.05) is 0 Å². The van der Waals surface area contributed by atoms with Crippen molar-refractivity contribution in [2.24, 2.45) is 11.8 Å². The minimum atomic E-state index is 0. The molecule has 0 nitrogen and oxygen atoms in total. The standard InChI is InChI=1S/C9H20.CH4/c1-5-6-7-9(4)8(2)3;/h8-9H,5-7H2,1-4H3;1H4/t9-;/m0./s1. The molecule has 0 aliphatic rings. The normalized spacial score (nSPS) is 12.9. The van der Waals surface area contributed by atoms with Crippen LogP contribution >= 0.6 is 0 Å². The highest BCUT2D eigenvalue weighted by Gasteiger charge is 2.04. The molecule has 1 atom stereocenters. The third-order valence-corrected chi connectivity index (χ3v) is 2.15. The third-order valence-electron chi connectivity index (χ3n) is 2.15. The van der Waals surface area contributed by atoms with Crippen LogP contribution in [0, 0.1) is 11.8 Å². The van der Waals surface area contributed by atoms with Crippen molar-refractivity contribution in [3.63, 3.8) is 0 Å². The van der Waals surface area contributed by atoms with E-state index < -0.39 is 0 Å². The van der Waals surface area contributed by atoms with Crippen molar-refractivity contribution in [3.8, 4) is 0 Å². The van der Waals surface area contributed by atoms with Crippen LogP contribution in [0.5, 0.6) is 0 Å². The molecule has 0 spiro atoms. The molecule has 0 bridgehead atoms. The predicted molar refractivity (Wildman–Crippen MR) is 50.3 cm³/mol. The van der Waals surface area contributed by atoms with Crippen molar-refractivity contribution in [2.75, 3.05) is 0 Å². The summed E-state index contributed by atoms with van der Waals surface area (Å²) in [6.45, 7) is 9.22. The van der Waals surface area contributed by atoms with Gasteiger partial charge in [0.05, 0.1) is 0 Å². The van der Waals surface area contributed by atoms with E-state index in [2.05, 4.69) is 27.7 Å². The first-order valence-corrected chi connectivity index (χ1v) is 4.18. The molecule has 0 aliphatic carbocycles. The molecule has 0 aliphatic heterocycles. The van der Waals surface area contributed by atoms with Gasteiger partial charge < -0.3 is 0 Å². The average Bonchev–Trinajstić information content (AvgIpc) is 1.82. The van der Waals surface area contributed by atoms with Gasteiger partial charge in [0.2, 0.25) is 0 Å². The second kappa shape index (κ2) is 7.11. The quantitative estimate of drug-likeness (QED) is 0.557. The van der Waals surface area contributed by atoms with Crippen LogP contribution in [-0.4, -0.2) is 0 Å². The van der Waals surface area contributed by atoms with Crippen LogP contribution < -0.4 is 0 Å². The molecule has 0 aromatic heterocycles. The van der Waals surface area contributed by atoms with Gasteiger partial charge in [-0.2, -0.15) is 0 Å². The van der Waals surface area contributed by atoms with Gasteiger partial charge >= 0.3 is 0 Å². The molecule has 0 saturated carbocycles. The van der Waals surface area contributed by atoms with E-state index in [-0.39, 0.29) is 7.43 Å². The van der Waals surface area contributed by atoms with E-state index in [0.717, 1.165) is 11.8 Å². The lowest BCUT2D eigenvalue weighted by Crippen LogP contribution is -2.02. The van der Waals surface area contributed by atoms with Crippen LogP contribution in [0.1, 0.15) is 54.4 Å². The van der Waals surface area contributed by atoms with E-state index in [0.29, 0.717) is 0 Å². The lowest BCUT2D eigenvalue weighted by atomic mass is 9.93.